The molecule has 164 valence electrons. The normalized spacial score (nSPS) is 15.3. The van der Waals surface area contributed by atoms with Crippen molar-refractivity contribution in [1.29, 1.82) is 0 Å². The molecule has 0 saturated carbocycles. The number of sulfonamides is 1. The van der Waals surface area contributed by atoms with Gasteiger partial charge in [-0.2, -0.15) is 4.31 Å². The van der Waals surface area contributed by atoms with E-state index in [9.17, 15) is 8.42 Å². The van der Waals surface area contributed by atoms with E-state index < -0.39 is 10.0 Å². The first-order valence-corrected chi connectivity index (χ1v) is 12.0. The fourth-order valence-corrected chi connectivity index (χ4v) is 5.51. The fraction of sp³-hybridized carbons (Fsp3) is 0.333. The van der Waals surface area contributed by atoms with Crippen LogP contribution in [0.15, 0.2) is 65.6 Å². The van der Waals surface area contributed by atoms with E-state index in [2.05, 4.69) is 41.9 Å². The third-order valence-electron chi connectivity index (χ3n) is 5.71. The summed E-state index contributed by atoms with van der Waals surface area (Å²) in [5, 5.41) is 3.50. The van der Waals surface area contributed by atoms with Gasteiger partial charge in [0.25, 0.3) is 0 Å². The highest BCUT2D eigenvalue weighted by molar-refractivity contribution is 7.89. The largest absolute Gasteiger partial charge is 0.379 e. The molecule has 2 heterocycles. The Labute approximate surface area is 184 Å². The molecule has 6 nitrogen and oxygen atoms in total. The Morgan fingerprint density at radius 3 is 2.42 bits per heavy atom. The summed E-state index contributed by atoms with van der Waals surface area (Å²) in [7, 11) is -3.53. The lowest BCUT2D eigenvalue weighted by Crippen LogP contribution is -2.40. The van der Waals surface area contributed by atoms with Crippen molar-refractivity contribution in [3.8, 4) is 5.69 Å². The molecule has 0 amide bonds. The van der Waals surface area contributed by atoms with Crippen LogP contribution in [-0.2, 0) is 27.8 Å². The predicted octanol–water partition coefficient (Wildman–Crippen LogP) is 3.40. The van der Waals surface area contributed by atoms with Crippen LogP contribution in [0.2, 0.25) is 0 Å². The number of nitrogens with one attached hydrogen (secondary N) is 1. The molecule has 1 fully saturated rings. The van der Waals surface area contributed by atoms with Crippen LogP contribution in [0.1, 0.15) is 22.5 Å². The standard InChI is InChI=1S/C24H29N3O3S/c1-19-15-22(18-25-17-21-7-4-3-5-8-21)20(2)27(19)23-9-6-10-24(16-23)31(28,29)26-11-13-30-14-12-26/h3-10,15-16,25H,11-14,17-18H2,1-2H3. The zero-order valence-corrected chi connectivity index (χ0v) is 18.9. The van der Waals surface area contributed by atoms with Gasteiger partial charge in [0.1, 0.15) is 0 Å². The molecule has 7 heteroatoms. The van der Waals surface area contributed by atoms with Crippen LogP contribution >= 0.6 is 0 Å². The summed E-state index contributed by atoms with van der Waals surface area (Å²) in [6.45, 7) is 7.35. The predicted molar refractivity (Wildman–Crippen MR) is 122 cm³/mol. The number of aromatic nitrogens is 1. The summed E-state index contributed by atoms with van der Waals surface area (Å²) in [5.74, 6) is 0. The lowest BCUT2D eigenvalue weighted by molar-refractivity contribution is 0.0730. The summed E-state index contributed by atoms with van der Waals surface area (Å²) < 4.78 is 35.1. The number of rotatable bonds is 7. The van der Waals surface area contributed by atoms with Gasteiger partial charge in [-0.3, -0.25) is 0 Å². The Morgan fingerprint density at radius 1 is 0.935 bits per heavy atom. The summed E-state index contributed by atoms with van der Waals surface area (Å²) in [4.78, 5) is 0.322. The number of aryl methyl sites for hydroxylation is 1. The lowest BCUT2D eigenvalue weighted by atomic mass is 10.2. The third-order valence-corrected chi connectivity index (χ3v) is 7.60. The van der Waals surface area contributed by atoms with Gasteiger partial charge in [-0.1, -0.05) is 36.4 Å². The number of morpholine rings is 1. The van der Waals surface area contributed by atoms with E-state index in [0.29, 0.717) is 31.2 Å². The fourth-order valence-electron chi connectivity index (χ4n) is 4.06. The van der Waals surface area contributed by atoms with E-state index in [1.54, 1.807) is 12.1 Å². The van der Waals surface area contributed by atoms with Gasteiger partial charge in [0, 0.05) is 43.3 Å². The average molecular weight is 440 g/mol. The van der Waals surface area contributed by atoms with Crippen molar-refractivity contribution in [2.45, 2.75) is 31.8 Å². The molecule has 1 saturated heterocycles. The Hall–Kier alpha value is -2.45. The minimum atomic E-state index is -3.53. The average Bonchev–Trinajstić information content (AvgIpc) is 3.08. The first-order valence-electron chi connectivity index (χ1n) is 10.6. The third kappa shape index (κ3) is 4.75. The number of benzene rings is 2. The van der Waals surface area contributed by atoms with Crippen LogP contribution in [0.5, 0.6) is 0 Å². The maximum absolute atomic E-state index is 13.1. The summed E-state index contributed by atoms with van der Waals surface area (Å²) in [5.41, 5.74) is 5.50. The Kier molecular flexibility index (Phi) is 6.57. The molecule has 4 rings (SSSR count). The maximum Gasteiger partial charge on any atom is 0.243 e. The topological polar surface area (TPSA) is 63.6 Å². The molecule has 0 bridgehead atoms. The van der Waals surface area contributed by atoms with Crippen molar-refractivity contribution >= 4 is 10.0 Å². The second-order valence-corrected chi connectivity index (χ2v) is 9.77. The molecule has 3 aromatic rings. The van der Waals surface area contributed by atoms with Gasteiger partial charge in [-0.25, -0.2) is 8.42 Å². The number of hydrogen-bond acceptors (Lipinski definition) is 4. The van der Waals surface area contributed by atoms with E-state index in [1.807, 2.05) is 30.3 Å². The quantitative estimate of drug-likeness (QED) is 0.613. The van der Waals surface area contributed by atoms with Gasteiger partial charge in [0.2, 0.25) is 10.0 Å². The van der Waals surface area contributed by atoms with Gasteiger partial charge in [-0.15, -0.1) is 0 Å². The van der Waals surface area contributed by atoms with E-state index in [1.165, 1.54) is 15.4 Å². The molecule has 1 aliphatic rings. The highest BCUT2D eigenvalue weighted by Crippen LogP contribution is 2.25. The van der Waals surface area contributed by atoms with E-state index in [-0.39, 0.29) is 0 Å². The molecular formula is C24H29N3O3S. The molecule has 0 atom stereocenters. The van der Waals surface area contributed by atoms with Crippen LogP contribution in [-0.4, -0.2) is 43.6 Å². The van der Waals surface area contributed by atoms with Crippen molar-refractivity contribution in [2.75, 3.05) is 26.3 Å². The molecule has 1 aliphatic heterocycles. The van der Waals surface area contributed by atoms with Crippen LogP contribution < -0.4 is 5.32 Å². The van der Waals surface area contributed by atoms with E-state index >= 15 is 0 Å². The SMILES string of the molecule is Cc1cc(CNCc2ccccc2)c(C)n1-c1cccc(S(=O)(=O)N2CCOCC2)c1. The van der Waals surface area contributed by atoms with Gasteiger partial charge in [-0.05, 0) is 49.2 Å². The molecule has 1 N–H and O–H groups in total. The molecule has 31 heavy (non-hydrogen) atoms. The van der Waals surface area contributed by atoms with Gasteiger partial charge < -0.3 is 14.6 Å². The van der Waals surface area contributed by atoms with E-state index in [4.69, 9.17) is 4.74 Å². The second-order valence-electron chi connectivity index (χ2n) is 7.83. The second kappa shape index (κ2) is 9.36. The highest BCUT2D eigenvalue weighted by Gasteiger charge is 2.26. The molecule has 0 aliphatic carbocycles. The summed E-state index contributed by atoms with van der Waals surface area (Å²) in [6, 6.07) is 19.7. The Morgan fingerprint density at radius 2 is 1.68 bits per heavy atom. The van der Waals surface area contributed by atoms with E-state index in [0.717, 1.165) is 30.2 Å². The number of ether oxygens (including phenoxy) is 1. The summed E-state index contributed by atoms with van der Waals surface area (Å²) >= 11 is 0. The van der Waals surface area contributed by atoms with Gasteiger partial charge in [0.05, 0.1) is 18.1 Å². The minimum absolute atomic E-state index is 0.322. The molecule has 2 aromatic carbocycles. The molecule has 1 aromatic heterocycles. The van der Waals surface area contributed by atoms with Crippen molar-refractivity contribution in [3.05, 3.63) is 83.2 Å². The van der Waals surface area contributed by atoms with Crippen LogP contribution in [0.3, 0.4) is 0 Å². The molecule has 0 unspecified atom stereocenters. The lowest BCUT2D eigenvalue weighted by Gasteiger charge is -2.26. The smallest absolute Gasteiger partial charge is 0.243 e. The maximum atomic E-state index is 13.1. The van der Waals surface area contributed by atoms with Crippen LogP contribution in [0.4, 0.5) is 0 Å². The Balaban J connectivity index is 1.55. The number of nitrogens with zero attached hydrogens (tertiary/aromatic N) is 2. The molecular weight excluding hydrogens is 410 g/mol. The van der Waals surface area contributed by atoms with Gasteiger partial charge >= 0.3 is 0 Å². The molecule has 0 radical (unpaired) electrons. The van der Waals surface area contributed by atoms with Crippen molar-refractivity contribution in [3.63, 3.8) is 0 Å². The minimum Gasteiger partial charge on any atom is -0.379 e. The van der Waals surface area contributed by atoms with Crippen molar-refractivity contribution in [2.24, 2.45) is 0 Å². The first kappa shape index (κ1) is 21.8. The zero-order chi connectivity index (χ0) is 21.8. The zero-order valence-electron chi connectivity index (χ0n) is 18.0. The van der Waals surface area contributed by atoms with Crippen LogP contribution in [0, 0.1) is 13.8 Å². The van der Waals surface area contributed by atoms with Crippen molar-refractivity contribution < 1.29 is 13.2 Å². The molecule has 0 spiro atoms. The number of hydrogen-bond donors (Lipinski definition) is 1. The monoisotopic (exact) mass is 439 g/mol. The van der Waals surface area contributed by atoms with Crippen molar-refractivity contribution in [1.82, 2.24) is 14.2 Å². The summed E-state index contributed by atoms with van der Waals surface area (Å²) in [6.07, 6.45) is 0. The Bertz CT molecular complexity index is 1130. The first-order chi connectivity index (χ1) is 15.0. The van der Waals surface area contributed by atoms with Gasteiger partial charge in [0.15, 0.2) is 0 Å². The highest BCUT2D eigenvalue weighted by atomic mass is 32.2. The van der Waals surface area contributed by atoms with Crippen LogP contribution in [0.25, 0.3) is 5.69 Å².